The third-order valence-corrected chi connectivity index (χ3v) is 3.15. The van der Waals surface area contributed by atoms with Crippen LogP contribution in [0.15, 0.2) is 24.3 Å². The molecule has 2 aromatic rings. The van der Waals surface area contributed by atoms with Gasteiger partial charge in [0.05, 0.1) is 0 Å². The molecule has 0 bridgehead atoms. The lowest BCUT2D eigenvalue weighted by molar-refractivity contribution is 1.00. The van der Waals surface area contributed by atoms with Crippen molar-refractivity contribution < 1.29 is 0 Å². The quantitative estimate of drug-likeness (QED) is 0.750. The number of hydrogen-bond donors (Lipinski definition) is 0. The standard InChI is InChI=1S/C14H15ClN2/c1-4-11-8-13(15)17-14(16-11)12-7-5-6-9(2)10(12)3/h5-8H,4H2,1-3H3. The molecule has 0 spiro atoms. The molecule has 0 aliphatic rings. The molecule has 88 valence electrons. The van der Waals surface area contributed by atoms with Crippen LogP contribution in [-0.2, 0) is 6.42 Å². The minimum atomic E-state index is 0.507. The van der Waals surface area contributed by atoms with E-state index >= 15 is 0 Å². The molecule has 0 saturated carbocycles. The highest BCUT2D eigenvalue weighted by molar-refractivity contribution is 6.29. The molecular weight excluding hydrogens is 232 g/mol. The van der Waals surface area contributed by atoms with Crippen molar-refractivity contribution >= 4 is 11.6 Å². The first-order valence-corrected chi connectivity index (χ1v) is 6.09. The van der Waals surface area contributed by atoms with Gasteiger partial charge >= 0.3 is 0 Å². The smallest absolute Gasteiger partial charge is 0.161 e. The molecule has 1 aromatic heterocycles. The monoisotopic (exact) mass is 246 g/mol. The van der Waals surface area contributed by atoms with Gasteiger partial charge in [0.1, 0.15) is 5.15 Å². The van der Waals surface area contributed by atoms with Crippen molar-refractivity contribution in [2.24, 2.45) is 0 Å². The van der Waals surface area contributed by atoms with Gasteiger partial charge in [-0.2, -0.15) is 0 Å². The molecule has 0 atom stereocenters. The van der Waals surface area contributed by atoms with E-state index in [4.69, 9.17) is 11.6 Å². The lowest BCUT2D eigenvalue weighted by atomic mass is 10.0. The van der Waals surface area contributed by atoms with Crippen molar-refractivity contribution in [2.45, 2.75) is 27.2 Å². The van der Waals surface area contributed by atoms with Gasteiger partial charge in [-0.25, -0.2) is 9.97 Å². The Bertz CT molecular complexity index is 550. The Morgan fingerprint density at radius 3 is 2.65 bits per heavy atom. The second-order valence-electron chi connectivity index (χ2n) is 4.11. The zero-order chi connectivity index (χ0) is 12.4. The van der Waals surface area contributed by atoms with Crippen LogP contribution in [0, 0.1) is 13.8 Å². The highest BCUT2D eigenvalue weighted by atomic mass is 35.5. The van der Waals surface area contributed by atoms with Crippen molar-refractivity contribution in [1.29, 1.82) is 0 Å². The fourth-order valence-electron chi connectivity index (χ4n) is 1.76. The van der Waals surface area contributed by atoms with Crippen LogP contribution < -0.4 is 0 Å². The lowest BCUT2D eigenvalue weighted by Gasteiger charge is -2.08. The van der Waals surface area contributed by atoms with E-state index in [1.807, 2.05) is 18.2 Å². The summed E-state index contributed by atoms with van der Waals surface area (Å²) in [6.07, 6.45) is 0.861. The number of rotatable bonds is 2. The third kappa shape index (κ3) is 2.47. The molecule has 0 radical (unpaired) electrons. The van der Waals surface area contributed by atoms with Crippen molar-refractivity contribution in [3.8, 4) is 11.4 Å². The zero-order valence-corrected chi connectivity index (χ0v) is 11.0. The summed E-state index contributed by atoms with van der Waals surface area (Å²) in [5.74, 6) is 0.718. The largest absolute Gasteiger partial charge is 0.233 e. The van der Waals surface area contributed by atoms with Crippen molar-refractivity contribution in [3.05, 3.63) is 46.2 Å². The normalized spacial score (nSPS) is 10.6. The number of aromatic nitrogens is 2. The van der Waals surface area contributed by atoms with Gasteiger partial charge in [0, 0.05) is 11.3 Å². The Labute approximate surface area is 107 Å². The molecule has 0 unspecified atom stereocenters. The molecule has 0 aliphatic carbocycles. The van der Waals surface area contributed by atoms with E-state index < -0.39 is 0 Å². The average molecular weight is 247 g/mol. The molecule has 2 rings (SSSR count). The van der Waals surface area contributed by atoms with Gasteiger partial charge in [-0.1, -0.05) is 36.7 Å². The summed E-state index contributed by atoms with van der Waals surface area (Å²) in [5.41, 5.74) is 4.48. The van der Waals surface area contributed by atoms with E-state index in [0.717, 1.165) is 23.5 Å². The van der Waals surface area contributed by atoms with Crippen LogP contribution in [0.5, 0.6) is 0 Å². The predicted molar refractivity (Wildman–Crippen MR) is 71.3 cm³/mol. The zero-order valence-electron chi connectivity index (χ0n) is 10.3. The number of halogens is 1. The Morgan fingerprint density at radius 1 is 1.18 bits per heavy atom. The fraction of sp³-hybridized carbons (Fsp3) is 0.286. The number of hydrogen-bond acceptors (Lipinski definition) is 2. The van der Waals surface area contributed by atoms with Crippen LogP contribution in [0.2, 0.25) is 5.15 Å². The van der Waals surface area contributed by atoms with Crippen LogP contribution >= 0.6 is 11.6 Å². The summed E-state index contributed by atoms with van der Waals surface area (Å²) >= 11 is 6.02. The minimum Gasteiger partial charge on any atom is -0.233 e. The topological polar surface area (TPSA) is 25.8 Å². The average Bonchev–Trinajstić information content (AvgIpc) is 2.31. The summed E-state index contributed by atoms with van der Waals surface area (Å²) in [6.45, 7) is 6.23. The van der Waals surface area contributed by atoms with Gasteiger partial charge in [0.15, 0.2) is 5.82 Å². The van der Waals surface area contributed by atoms with Gasteiger partial charge in [0.25, 0.3) is 0 Å². The summed E-state index contributed by atoms with van der Waals surface area (Å²) in [6, 6.07) is 7.96. The summed E-state index contributed by atoms with van der Waals surface area (Å²) < 4.78 is 0. The number of benzene rings is 1. The summed E-state index contributed by atoms with van der Waals surface area (Å²) in [5, 5.41) is 0.507. The highest BCUT2D eigenvalue weighted by Gasteiger charge is 2.08. The molecule has 0 aliphatic heterocycles. The number of aryl methyl sites for hydroxylation is 2. The van der Waals surface area contributed by atoms with Gasteiger partial charge in [-0.15, -0.1) is 0 Å². The maximum Gasteiger partial charge on any atom is 0.161 e. The molecule has 0 N–H and O–H groups in total. The van der Waals surface area contributed by atoms with Gasteiger partial charge in [-0.3, -0.25) is 0 Å². The van der Waals surface area contributed by atoms with Crippen LogP contribution in [0.1, 0.15) is 23.7 Å². The Balaban J connectivity index is 2.60. The van der Waals surface area contributed by atoms with E-state index in [1.165, 1.54) is 11.1 Å². The van der Waals surface area contributed by atoms with Crippen LogP contribution in [0.25, 0.3) is 11.4 Å². The number of nitrogens with zero attached hydrogens (tertiary/aromatic N) is 2. The summed E-state index contributed by atoms with van der Waals surface area (Å²) in [4.78, 5) is 8.84. The first-order chi connectivity index (χ1) is 8.11. The Kier molecular flexibility index (Phi) is 3.43. The fourth-order valence-corrected chi connectivity index (χ4v) is 1.97. The van der Waals surface area contributed by atoms with Crippen LogP contribution in [0.4, 0.5) is 0 Å². The molecule has 0 amide bonds. The SMILES string of the molecule is CCc1cc(Cl)nc(-c2cccc(C)c2C)n1. The second-order valence-corrected chi connectivity index (χ2v) is 4.49. The maximum absolute atomic E-state index is 6.02. The van der Waals surface area contributed by atoms with E-state index in [1.54, 1.807) is 0 Å². The molecule has 0 saturated heterocycles. The second kappa shape index (κ2) is 4.84. The first kappa shape index (κ1) is 12.1. The highest BCUT2D eigenvalue weighted by Crippen LogP contribution is 2.24. The lowest BCUT2D eigenvalue weighted by Crippen LogP contribution is -1.97. The van der Waals surface area contributed by atoms with E-state index in [0.29, 0.717) is 5.15 Å². The van der Waals surface area contributed by atoms with Gasteiger partial charge in [0.2, 0.25) is 0 Å². The van der Waals surface area contributed by atoms with E-state index in [-0.39, 0.29) is 0 Å². The minimum absolute atomic E-state index is 0.507. The Morgan fingerprint density at radius 2 is 1.94 bits per heavy atom. The molecule has 3 heteroatoms. The van der Waals surface area contributed by atoms with Crippen molar-refractivity contribution in [2.75, 3.05) is 0 Å². The maximum atomic E-state index is 6.02. The van der Waals surface area contributed by atoms with Crippen molar-refractivity contribution in [3.63, 3.8) is 0 Å². The Hall–Kier alpha value is -1.41. The molecule has 1 aromatic carbocycles. The molecule has 17 heavy (non-hydrogen) atoms. The molecule has 0 fully saturated rings. The molecule has 1 heterocycles. The van der Waals surface area contributed by atoms with Crippen molar-refractivity contribution in [1.82, 2.24) is 9.97 Å². The summed E-state index contributed by atoms with van der Waals surface area (Å²) in [7, 11) is 0. The van der Waals surface area contributed by atoms with E-state index in [9.17, 15) is 0 Å². The molecular formula is C14H15ClN2. The predicted octanol–water partition coefficient (Wildman–Crippen LogP) is 3.98. The van der Waals surface area contributed by atoms with Crippen LogP contribution in [-0.4, -0.2) is 9.97 Å². The van der Waals surface area contributed by atoms with E-state index in [2.05, 4.69) is 36.8 Å². The molecule has 2 nitrogen and oxygen atoms in total. The van der Waals surface area contributed by atoms with Gasteiger partial charge in [-0.05, 0) is 37.5 Å². The van der Waals surface area contributed by atoms with Gasteiger partial charge < -0.3 is 0 Å². The third-order valence-electron chi connectivity index (χ3n) is 2.96. The van der Waals surface area contributed by atoms with Crippen LogP contribution in [0.3, 0.4) is 0 Å². The first-order valence-electron chi connectivity index (χ1n) is 5.72.